The van der Waals surface area contributed by atoms with Gasteiger partial charge < -0.3 is 14.7 Å². The number of aromatic nitrogens is 1. The van der Waals surface area contributed by atoms with Crippen LogP contribution in [0.3, 0.4) is 0 Å². The number of halogens is 1. The zero-order valence-corrected chi connectivity index (χ0v) is 13.6. The van der Waals surface area contributed by atoms with Gasteiger partial charge in [0.25, 0.3) is 5.91 Å². The van der Waals surface area contributed by atoms with Gasteiger partial charge in [-0.1, -0.05) is 12.1 Å². The molecule has 7 heteroatoms. The van der Waals surface area contributed by atoms with Crippen molar-refractivity contribution in [2.24, 2.45) is 0 Å². The van der Waals surface area contributed by atoms with Crippen LogP contribution in [0.15, 0.2) is 42.7 Å². The summed E-state index contributed by atoms with van der Waals surface area (Å²) >= 11 is 0. The van der Waals surface area contributed by atoms with E-state index in [0.717, 1.165) is 11.1 Å². The molecule has 25 heavy (non-hydrogen) atoms. The van der Waals surface area contributed by atoms with Gasteiger partial charge in [-0.15, -0.1) is 0 Å². The third kappa shape index (κ3) is 3.31. The number of carboxylic acids is 1. The Labute approximate surface area is 143 Å². The summed E-state index contributed by atoms with van der Waals surface area (Å²) in [6.45, 7) is -0.387. The second-order valence-corrected chi connectivity index (χ2v) is 5.94. The van der Waals surface area contributed by atoms with Crippen molar-refractivity contribution in [3.8, 4) is 16.9 Å². The molecule has 130 valence electrons. The summed E-state index contributed by atoms with van der Waals surface area (Å²) in [4.78, 5) is 28.8. The van der Waals surface area contributed by atoms with Crippen LogP contribution in [0, 0.1) is 0 Å². The highest BCUT2D eigenvalue weighted by atomic mass is 19.1. The predicted octanol–water partition coefficient (Wildman–Crippen LogP) is 2.40. The number of hydrogen-bond donors (Lipinski definition) is 1. The van der Waals surface area contributed by atoms with Crippen LogP contribution in [0.1, 0.15) is 16.8 Å². The quantitative estimate of drug-likeness (QED) is 0.921. The summed E-state index contributed by atoms with van der Waals surface area (Å²) < 4.78 is 19.3. The molecule has 1 saturated heterocycles. The third-order valence-corrected chi connectivity index (χ3v) is 4.30. The standard InChI is InChI=1S/C18H17FN2O4/c1-25-15-4-2-12(3-5-15)13-8-14(10-20-9-13)16(22)21-7-6-18(19,11-21)17(23)24/h2-5,8-10H,6-7,11H2,1H3,(H,23,24). The Morgan fingerprint density at radius 1 is 1.24 bits per heavy atom. The Balaban J connectivity index is 1.81. The Hall–Kier alpha value is -2.96. The van der Waals surface area contributed by atoms with Gasteiger partial charge in [0.1, 0.15) is 5.75 Å². The molecule has 3 rings (SSSR count). The minimum absolute atomic E-state index is 0.0639. The van der Waals surface area contributed by atoms with Crippen LogP contribution in [0.5, 0.6) is 5.75 Å². The lowest BCUT2D eigenvalue weighted by atomic mass is 10.1. The molecule has 1 aromatic heterocycles. The van der Waals surface area contributed by atoms with Gasteiger partial charge in [-0.3, -0.25) is 9.78 Å². The summed E-state index contributed by atoms with van der Waals surface area (Å²) in [7, 11) is 1.58. The number of carbonyl (C=O) groups is 2. The van der Waals surface area contributed by atoms with E-state index in [-0.39, 0.29) is 13.0 Å². The predicted molar refractivity (Wildman–Crippen MR) is 88.2 cm³/mol. The lowest BCUT2D eigenvalue weighted by molar-refractivity contribution is -0.149. The lowest BCUT2D eigenvalue weighted by Crippen LogP contribution is -2.38. The molecule has 1 N–H and O–H groups in total. The van der Waals surface area contributed by atoms with E-state index in [9.17, 15) is 14.0 Å². The molecule has 2 heterocycles. The molecular formula is C18H17FN2O4. The minimum Gasteiger partial charge on any atom is -0.497 e. The van der Waals surface area contributed by atoms with Crippen LogP contribution >= 0.6 is 0 Å². The highest BCUT2D eigenvalue weighted by Crippen LogP contribution is 2.28. The zero-order chi connectivity index (χ0) is 18.0. The van der Waals surface area contributed by atoms with Crippen molar-refractivity contribution in [3.05, 3.63) is 48.3 Å². The average molecular weight is 344 g/mol. The van der Waals surface area contributed by atoms with Gasteiger partial charge in [-0.25, -0.2) is 9.18 Å². The maximum absolute atomic E-state index is 14.2. The van der Waals surface area contributed by atoms with E-state index < -0.39 is 24.1 Å². The van der Waals surface area contributed by atoms with Crippen LogP contribution in [0.2, 0.25) is 0 Å². The SMILES string of the molecule is COc1ccc(-c2cncc(C(=O)N3CCC(F)(C(=O)O)C3)c2)cc1. The molecule has 0 spiro atoms. The Bertz CT molecular complexity index is 809. The van der Waals surface area contributed by atoms with Gasteiger partial charge in [-0.2, -0.15) is 0 Å². The van der Waals surface area contributed by atoms with Crippen molar-refractivity contribution in [1.82, 2.24) is 9.88 Å². The van der Waals surface area contributed by atoms with E-state index in [1.807, 2.05) is 12.1 Å². The van der Waals surface area contributed by atoms with Gasteiger partial charge >= 0.3 is 5.97 Å². The van der Waals surface area contributed by atoms with Gasteiger partial charge in [0.2, 0.25) is 5.67 Å². The number of rotatable bonds is 4. The smallest absolute Gasteiger partial charge is 0.343 e. The highest BCUT2D eigenvalue weighted by molar-refractivity contribution is 5.96. The number of nitrogens with zero attached hydrogens (tertiary/aromatic N) is 2. The molecule has 0 radical (unpaired) electrons. The molecule has 1 amide bonds. The summed E-state index contributed by atoms with van der Waals surface area (Å²) in [5, 5.41) is 8.94. The van der Waals surface area contributed by atoms with Gasteiger partial charge in [0, 0.05) is 30.9 Å². The molecule has 1 fully saturated rings. The average Bonchev–Trinajstić information content (AvgIpc) is 3.05. The fourth-order valence-electron chi connectivity index (χ4n) is 2.80. The molecule has 1 aliphatic heterocycles. The molecule has 1 aromatic carbocycles. The zero-order valence-electron chi connectivity index (χ0n) is 13.6. The van der Waals surface area contributed by atoms with E-state index in [2.05, 4.69) is 4.98 Å². The minimum atomic E-state index is -2.38. The molecule has 1 aliphatic rings. The van der Waals surface area contributed by atoms with Crippen molar-refractivity contribution >= 4 is 11.9 Å². The number of likely N-dealkylation sites (tertiary alicyclic amines) is 1. The summed E-state index contributed by atoms with van der Waals surface area (Å²) in [6.07, 6.45) is 2.81. The number of aliphatic carboxylic acids is 1. The number of hydrogen-bond acceptors (Lipinski definition) is 4. The van der Waals surface area contributed by atoms with Crippen molar-refractivity contribution in [1.29, 1.82) is 0 Å². The molecule has 0 saturated carbocycles. The molecule has 6 nitrogen and oxygen atoms in total. The number of benzene rings is 1. The monoisotopic (exact) mass is 344 g/mol. The van der Waals surface area contributed by atoms with E-state index in [1.54, 1.807) is 31.5 Å². The van der Waals surface area contributed by atoms with E-state index in [1.165, 1.54) is 11.1 Å². The normalized spacial score (nSPS) is 19.7. The largest absolute Gasteiger partial charge is 0.497 e. The molecule has 2 aromatic rings. The fourth-order valence-corrected chi connectivity index (χ4v) is 2.80. The van der Waals surface area contributed by atoms with E-state index >= 15 is 0 Å². The number of ether oxygens (including phenoxy) is 1. The van der Waals surface area contributed by atoms with E-state index in [0.29, 0.717) is 11.3 Å². The maximum atomic E-state index is 14.2. The van der Waals surface area contributed by atoms with Crippen LogP contribution in [-0.4, -0.2) is 52.7 Å². The number of pyridine rings is 1. The first-order valence-electron chi connectivity index (χ1n) is 7.74. The van der Waals surface area contributed by atoms with Crippen molar-refractivity contribution < 1.29 is 23.8 Å². The number of methoxy groups -OCH3 is 1. The summed E-state index contributed by atoms with van der Waals surface area (Å²) in [5.74, 6) is -1.24. The first-order chi connectivity index (χ1) is 11.9. The number of alkyl halides is 1. The van der Waals surface area contributed by atoms with Crippen LogP contribution in [0.25, 0.3) is 11.1 Å². The second kappa shape index (κ2) is 6.51. The van der Waals surface area contributed by atoms with Crippen LogP contribution < -0.4 is 4.74 Å². The first kappa shape index (κ1) is 16.9. The Kier molecular flexibility index (Phi) is 4.39. The van der Waals surface area contributed by atoms with Gasteiger partial charge in [-0.05, 0) is 23.8 Å². The molecular weight excluding hydrogens is 327 g/mol. The fraction of sp³-hybridized carbons (Fsp3) is 0.278. The number of carbonyl (C=O) groups excluding carboxylic acids is 1. The van der Waals surface area contributed by atoms with Crippen molar-refractivity contribution in [3.63, 3.8) is 0 Å². The summed E-state index contributed by atoms with van der Waals surface area (Å²) in [5.41, 5.74) is -0.494. The molecule has 1 unspecified atom stereocenters. The number of amides is 1. The highest BCUT2D eigenvalue weighted by Gasteiger charge is 2.47. The first-order valence-corrected chi connectivity index (χ1v) is 7.74. The third-order valence-electron chi connectivity index (χ3n) is 4.30. The second-order valence-electron chi connectivity index (χ2n) is 5.94. The summed E-state index contributed by atoms with van der Waals surface area (Å²) in [6, 6.07) is 8.95. The van der Waals surface area contributed by atoms with Gasteiger partial charge in [0.15, 0.2) is 0 Å². The molecule has 0 bridgehead atoms. The van der Waals surface area contributed by atoms with E-state index in [4.69, 9.17) is 9.84 Å². The molecule has 1 atom stereocenters. The lowest BCUT2D eigenvalue weighted by Gasteiger charge is -2.18. The topological polar surface area (TPSA) is 79.7 Å². The van der Waals surface area contributed by atoms with Crippen molar-refractivity contribution in [2.45, 2.75) is 12.1 Å². The van der Waals surface area contributed by atoms with Crippen LogP contribution in [0.4, 0.5) is 4.39 Å². The van der Waals surface area contributed by atoms with Crippen LogP contribution in [-0.2, 0) is 4.79 Å². The Morgan fingerprint density at radius 3 is 2.56 bits per heavy atom. The maximum Gasteiger partial charge on any atom is 0.343 e. The molecule has 0 aliphatic carbocycles. The number of carboxylic acid groups (broad SMARTS) is 1. The van der Waals surface area contributed by atoms with Crippen molar-refractivity contribution in [2.75, 3.05) is 20.2 Å². The van der Waals surface area contributed by atoms with Gasteiger partial charge in [0.05, 0.1) is 19.2 Å². The Morgan fingerprint density at radius 2 is 1.96 bits per heavy atom.